The van der Waals surface area contributed by atoms with E-state index in [1.807, 2.05) is 41.5 Å². The molecule has 0 spiro atoms. The molecule has 3 aromatic heterocycles. The zero-order valence-corrected chi connectivity index (χ0v) is 15.1. The summed E-state index contributed by atoms with van der Waals surface area (Å²) >= 11 is 0. The molecule has 8 heteroatoms. The second-order valence-electron chi connectivity index (χ2n) is 5.96. The van der Waals surface area contributed by atoms with Crippen LogP contribution in [0.15, 0.2) is 0 Å². The van der Waals surface area contributed by atoms with Crippen molar-refractivity contribution in [1.82, 2.24) is 30.6 Å². The number of hydrogen-bond donors (Lipinski definition) is 3. The molecule has 0 aliphatic rings. The van der Waals surface area contributed by atoms with E-state index >= 15 is 0 Å². The van der Waals surface area contributed by atoms with Crippen molar-refractivity contribution in [3.05, 3.63) is 34.2 Å². The molecule has 122 valence electrons. The van der Waals surface area contributed by atoms with Gasteiger partial charge in [-0.1, -0.05) is 0 Å². The van der Waals surface area contributed by atoms with Crippen LogP contribution in [0.4, 0.5) is 0 Å². The topological polar surface area (TPSA) is 103 Å². The van der Waals surface area contributed by atoms with Gasteiger partial charge in [-0.2, -0.15) is 15.3 Å². The van der Waals surface area contributed by atoms with Gasteiger partial charge in [-0.3, -0.25) is 15.3 Å². The van der Waals surface area contributed by atoms with Gasteiger partial charge in [0.2, 0.25) is 0 Å². The summed E-state index contributed by atoms with van der Waals surface area (Å²) in [5.74, 6) is 0. The summed E-state index contributed by atoms with van der Waals surface area (Å²) in [6.07, 6.45) is 0. The van der Waals surface area contributed by atoms with Gasteiger partial charge >= 0.3 is 0 Å². The van der Waals surface area contributed by atoms with E-state index in [2.05, 4.69) is 30.6 Å². The standard InChI is InChI=1S/C15H21N6OP/c1-7-13(8(2)17-16-7)23(22,14-9(3)18-19-10(14)4)15-11(5)20-21-12(15)6/h1-6H3,(H,16,17)(H,18,19)(H,20,21). The van der Waals surface area contributed by atoms with Gasteiger partial charge in [-0.05, 0) is 41.5 Å². The molecule has 0 atom stereocenters. The maximum atomic E-state index is 14.5. The Kier molecular flexibility index (Phi) is 3.56. The molecule has 0 saturated heterocycles. The Hall–Kier alpha value is -2.14. The van der Waals surface area contributed by atoms with Gasteiger partial charge in [0.1, 0.15) is 0 Å². The van der Waals surface area contributed by atoms with Crippen LogP contribution in [0.25, 0.3) is 0 Å². The number of aromatic amines is 3. The molecule has 0 saturated carbocycles. The predicted molar refractivity (Wildman–Crippen MR) is 90.7 cm³/mol. The van der Waals surface area contributed by atoms with Crippen LogP contribution in [0, 0.1) is 41.5 Å². The van der Waals surface area contributed by atoms with E-state index in [4.69, 9.17) is 0 Å². The average Bonchev–Trinajstić information content (AvgIpc) is 3.10. The third-order valence-corrected chi connectivity index (χ3v) is 8.08. The van der Waals surface area contributed by atoms with Gasteiger partial charge in [-0.25, -0.2) is 0 Å². The van der Waals surface area contributed by atoms with E-state index in [1.54, 1.807) is 0 Å². The molecule has 0 unspecified atom stereocenters. The van der Waals surface area contributed by atoms with E-state index in [9.17, 15) is 4.57 Å². The Bertz CT molecular complexity index is 754. The van der Waals surface area contributed by atoms with Gasteiger partial charge in [0, 0.05) is 17.1 Å². The second-order valence-corrected chi connectivity index (χ2v) is 8.52. The molecule has 7 nitrogen and oxygen atoms in total. The molecule has 23 heavy (non-hydrogen) atoms. The first kappa shape index (κ1) is 15.7. The number of rotatable bonds is 3. The highest BCUT2D eigenvalue weighted by Crippen LogP contribution is 2.46. The zero-order valence-electron chi connectivity index (χ0n) is 14.2. The highest BCUT2D eigenvalue weighted by atomic mass is 31.2. The van der Waals surface area contributed by atoms with Crippen molar-refractivity contribution >= 4 is 23.1 Å². The van der Waals surface area contributed by atoms with Gasteiger partial charge in [-0.15, -0.1) is 0 Å². The molecule has 0 aromatic carbocycles. The smallest absolute Gasteiger partial charge is 0.181 e. The number of aryl methyl sites for hydroxylation is 6. The van der Waals surface area contributed by atoms with Crippen LogP contribution < -0.4 is 15.9 Å². The molecular formula is C15H21N6OP. The number of H-pyrrole nitrogens is 3. The molecule has 0 aliphatic carbocycles. The van der Waals surface area contributed by atoms with Crippen molar-refractivity contribution in [1.29, 1.82) is 0 Å². The molecule has 0 radical (unpaired) electrons. The summed E-state index contributed by atoms with van der Waals surface area (Å²) in [5, 5.41) is 23.9. The molecule has 3 heterocycles. The van der Waals surface area contributed by atoms with Crippen LogP contribution in [0.2, 0.25) is 0 Å². The van der Waals surface area contributed by atoms with Crippen LogP contribution in [0.5, 0.6) is 0 Å². The Morgan fingerprint density at radius 3 is 1.04 bits per heavy atom. The Labute approximate surface area is 134 Å². The fourth-order valence-corrected chi connectivity index (χ4v) is 7.12. The molecule has 0 fully saturated rings. The summed E-state index contributed by atoms with van der Waals surface area (Å²) < 4.78 is 14.5. The molecule has 0 amide bonds. The maximum absolute atomic E-state index is 14.5. The van der Waals surface area contributed by atoms with Crippen LogP contribution in [-0.2, 0) is 4.57 Å². The van der Waals surface area contributed by atoms with Crippen LogP contribution in [-0.4, -0.2) is 30.6 Å². The minimum Gasteiger partial charge on any atom is -0.308 e. The fraction of sp³-hybridized carbons (Fsp3) is 0.400. The summed E-state index contributed by atoms with van der Waals surface area (Å²) in [6.45, 7) is 11.3. The quantitative estimate of drug-likeness (QED) is 0.630. The molecule has 0 aliphatic heterocycles. The molecule has 3 aromatic rings. The van der Waals surface area contributed by atoms with Crippen molar-refractivity contribution in [2.75, 3.05) is 0 Å². The Balaban J connectivity index is 2.49. The van der Waals surface area contributed by atoms with Crippen molar-refractivity contribution in [3.8, 4) is 0 Å². The number of nitrogens with one attached hydrogen (secondary N) is 3. The van der Waals surface area contributed by atoms with Gasteiger partial charge < -0.3 is 4.57 Å². The number of aromatic nitrogens is 6. The predicted octanol–water partition coefficient (Wildman–Crippen LogP) is 1.35. The minimum absolute atomic E-state index is 0.742. The van der Waals surface area contributed by atoms with Crippen LogP contribution in [0.1, 0.15) is 34.2 Å². The highest BCUT2D eigenvalue weighted by molar-refractivity contribution is 7.85. The van der Waals surface area contributed by atoms with Crippen molar-refractivity contribution < 1.29 is 4.57 Å². The van der Waals surface area contributed by atoms with E-state index in [1.165, 1.54) is 0 Å². The third-order valence-electron chi connectivity index (χ3n) is 4.21. The van der Waals surface area contributed by atoms with Crippen molar-refractivity contribution in [2.45, 2.75) is 41.5 Å². The SMILES string of the molecule is Cc1n[nH]c(C)c1P(=O)(c1c(C)n[nH]c1C)c1c(C)n[nH]c1C. The van der Waals surface area contributed by atoms with Gasteiger partial charge in [0.15, 0.2) is 7.14 Å². The fourth-order valence-electron chi connectivity index (χ4n) is 3.36. The van der Waals surface area contributed by atoms with E-state index in [0.29, 0.717) is 0 Å². The second kappa shape index (κ2) is 5.20. The van der Waals surface area contributed by atoms with E-state index in [0.717, 1.165) is 50.1 Å². The third kappa shape index (κ3) is 2.10. The first-order valence-electron chi connectivity index (χ1n) is 7.45. The number of nitrogens with zero attached hydrogens (tertiary/aromatic N) is 3. The highest BCUT2D eigenvalue weighted by Gasteiger charge is 2.41. The summed E-state index contributed by atoms with van der Waals surface area (Å²) in [4.78, 5) is 0. The Morgan fingerprint density at radius 1 is 0.609 bits per heavy atom. The van der Waals surface area contributed by atoms with Gasteiger partial charge in [0.05, 0.1) is 33.0 Å². The average molecular weight is 332 g/mol. The molecule has 3 N–H and O–H groups in total. The van der Waals surface area contributed by atoms with Crippen molar-refractivity contribution in [2.24, 2.45) is 0 Å². The lowest BCUT2D eigenvalue weighted by Crippen LogP contribution is -2.31. The normalized spacial score (nSPS) is 12.1. The summed E-state index contributed by atoms with van der Waals surface area (Å²) in [6, 6.07) is 0. The van der Waals surface area contributed by atoms with Crippen LogP contribution in [0.3, 0.4) is 0 Å². The lowest BCUT2D eigenvalue weighted by Gasteiger charge is -2.20. The maximum Gasteiger partial charge on any atom is 0.181 e. The van der Waals surface area contributed by atoms with E-state index < -0.39 is 7.14 Å². The van der Waals surface area contributed by atoms with Crippen molar-refractivity contribution in [3.63, 3.8) is 0 Å². The number of hydrogen-bond acceptors (Lipinski definition) is 4. The zero-order chi connectivity index (χ0) is 16.9. The minimum atomic E-state index is -3.14. The molecular weight excluding hydrogens is 311 g/mol. The van der Waals surface area contributed by atoms with Gasteiger partial charge in [0.25, 0.3) is 0 Å². The molecule has 0 bridgehead atoms. The summed E-state index contributed by atoms with van der Waals surface area (Å²) in [5.41, 5.74) is 4.66. The molecule has 3 rings (SSSR count). The first-order valence-corrected chi connectivity index (χ1v) is 9.15. The first-order chi connectivity index (χ1) is 10.8. The van der Waals surface area contributed by atoms with Crippen LogP contribution >= 0.6 is 7.14 Å². The lowest BCUT2D eigenvalue weighted by molar-refractivity contribution is 0.592. The summed E-state index contributed by atoms with van der Waals surface area (Å²) in [7, 11) is -3.14. The monoisotopic (exact) mass is 332 g/mol. The largest absolute Gasteiger partial charge is 0.308 e. The van der Waals surface area contributed by atoms with E-state index in [-0.39, 0.29) is 0 Å². The Morgan fingerprint density at radius 2 is 0.870 bits per heavy atom. The lowest BCUT2D eigenvalue weighted by atomic mass is 10.4.